The molecule has 0 heterocycles. The van der Waals surface area contributed by atoms with E-state index in [2.05, 4.69) is 5.32 Å². The molecule has 0 aliphatic rings. The Labute approximate surface area is 109 Å². The number of nitro benzene ring substituents is 1. The second kappa shape index (κ2) is 6.44. The fourth-order valence-electron chi connectivity index (χ4n) is 1.47. The molecule has 0 fully saturated rings. The van der Waals surface area contributed by atoms with E-state index < -0.39 is 28.3 Å². The Balaban J connectivity index is 2.96. The second-order valence-corrected chi connectivity index (χ2v) is 3.86. The van der Waals surface area contributed by atoms with Crippen molar-refractivity contribution in [3.63, 3.8) is 0 Å². The van der Waals surface area contributed by atoms with Crippen LogP contribution in [0.1, 0.15) is 30.1 Å². The average molecular weight is 265 g/mol. The molecule has 0 saturated carbocycles. The summed E-state index contributed by atoms with van der Waals surface area (Å²) in [6.45, 7) is 1.77. The van der Waals surface area contributed by atoms with Gasteiger partial charge in [0.25, 0.3) is 11.6 Å². The lowest BCUT2D eigenvalue weighted by atomic mass is 10.1. The maximum atomic E-state index is 13.5. The largest absolute Gasteiger partial charge is 0.348 e. The number of carbonyl (C=O) groups excluding carboxylic acids is 1. The van der Waals surface area contributed by atoms with Crippen LogP contribution >= 0.6 is 0 Å². The minimum absolute atomic E-state index is 0.0960. The highest BCUT2D eigenvalue weighted by molar-refractivity contribution is 5.95. The first-order chi connectivity index (χ1) is 8.99. The van der Waals surface area contributed by atoms with E-state index in [9.17, 15) is 19.3 Å². The first kappa shape index (κ1) is 14.6. The molecule has 0 aliphatic carbocycles. The molecule has 19 heavy (non-hydrogen) atoms. The summed E-state index contributed by atoms with van der Waals surface area (Å²) in [5.74, 6) is -1.60. The number of amides is 1. The van der Waals surface area contributed by atoms with Gasteiger partial charge >= 0.3 is 0 Å². The predicted octanol–water partition coefficient (Wildman–Crippen LogP) is 2.16. The van der Waals surface area contributed by atoms with E-state index in [0.29, 0.717) is 6.42 Å². The average Bonchev–Trinajstić information content (AvgIpc) is 2.38. The van der Waals surface area contributed by atoms with Crippen LogP contribution in [0.3, 0.4) is 0 Å². The van der Waals surface area contributed by atoms with E-state index >= 15 is 0 Å². The van der Waals surface area contributed by atoms with Crippen molar-refractivity contribution in [2.75, 3.05) is 0 Å². The number of nitrogens with one attached hydrogen (secondary N) is 1. The van der Waals surface area contributed by atoms with E-state index in [-0.39, 0.29) is 12.1 Å². The molecule has 0 aromatic heterocycles. The van der Waals surface area contributed by atoms with E-state index in [1.54, 1.807) is 6.92 Å². The van der Waals surface area contributed by atoms with Crippen LogP contribution < -0.4 is 5.32 Å². The van der Waals surface area contributed by atoms with Crippen molar-refractivity contribution in [1.29, 1.82) is 5.26 Å². The summed E-state index contributed by atoms with van der Waals surface area (Å²) in [6, 6.07) is 4.23. The highest BCUT2D eigenvalue weighted by Crippen LogP contribution is 2.17. The molecule has 0 bridgehead atoms. The molecular weight excluding hydrogens is 253 g/mol. The summed E-state index contributed by atoms with van der Waals surface area (Å²) < 4.78 is 13.5. The molecule has 1 rings (SSSR count). The zero-order valence-corrected chi connectivity index (χ0v) is 10.2. The number of hydrogen-bond acceptors (Lipinski definition) is 4. The van der Waals surface area contributed by atoms with Crippen LogP contribution in [0.5, 0.6) is 0 Å². The first-order valence-electron chi connectivity index (χ1n) is 5.61. The Hall–Kier alpha value is -2.49. The molecule has 6 nitrogen and oxygen atoms in total. The third-order valence-corrected chi connectivity index (χ3v) is 2.57. The molecule has 1 aromatic rings. The Morgan fingerprint density at radius 2 is 2.32 bits per heavy atom. The van der Waals surface area contributed by atoms with Gasteiger partial charge in [-0.2, -0.15) is 5.26 Å². The summed E-state index contributed by atoms with van der Waals surface area (Å²) in [5.41, 5.74) is -0.759. The van der Waals surface area contributed by atoms with Gasteiger partial charge in [0.2, 0.25) is 0 Å². The molecule has 0 aliphatic heterocycles. The molecule has 100 valence electrons. The fraction of sp³-hybridized carbons (Fsp3) is 0.333. The topological polar surface area (TPSA) is 96.0 Å². The molecule has 1 amide bonds. The number of nitriles is 1. The van der Waals surface area contributed by atoms with Gasteiger partial charge in [-0.25, -0.2) is 4.39 Å². The summed E-state index contributed by atoms with van der Waals surface area (Å²) >= 11 is 0. The Bertz CT molecular complexity index is 540. The lowest BCUT2D eigenvalue weighted by Crippen LogP contribution is -2.34. The number of halogens is 1. The second-order valence-electron chi connectivity index (χ2n) is 3.86. The molecule has 1 aromatic carbocycles. The van der Waals surface area contributed by atoms with Crippen molar-refractivity contribution >= 4 is 11.6 Å². The van der Waals surface area contributed by atoms with Crippen LogP contribution in [-0.2, 0) is 0 Å². The first-order valence-corrected chi connectivity index (χ1v) is 5.61. The normalized spacial score (nSPS) is 11.4. The molecule has 1 N–H and O–H groups in total. The van der Waals surface area contributed by atoms with Gasteiger partial charge in [0.15, 0.2) is 0 Å². The number of non-ortho nitro benzene ring substituents is 1. The quantitative estimate of drug-likeness (QED) is 0.651. The van der Waals surface area contributed by atoms with Gasteiger partial charge in [-0.05, 0) is 12.5 Å². The smallest absolute Gasteiger partial charge is 0.270 e. The van der Waals surface area contributed by atoms with Crippen LogP contribution in [0, 0.1) is 27.3 Å². The highest BCUT2D eigenvalue weighted by Gasteiger charge is 2.19. The van der Waals surface area contributed by atoms with E-state index in [4.69, 9.17) is 5.26 Å². The van der Waals surface area contributed by atoms with Gasteiger partial charge < -0.3 is 5.32 Å². The summed E-state index contributed by atoms with van der Waals surface area (Å²) in [7, 11) is 0. The summed E-state index contributed by atoms with van der Waals surface area (Å²) in [4.78, 5) is 21.7. The van der Waals surface area contributed by atoms with Gasteiger partial charge in [-0.15, -0.1) is 0 Å². The summed E-state index contributed by atoms with van der Waals surface area (Å²) in [5, 5.41) is 21.6. The zero-order valence-electron chi connectivity index (χ0n) is 10.2. The van der Waals surface area contributed by atoms with Crippen molar-refractivity contribution in [2.45, 2.75) is 25.8 Å². The number of carbonyl (C=O) groups is 1. The molecule has 1 unspecified atom stereocenters. The molecule has 0 radical (unpaired) electrons. The van der Waals surface area contributed by atoms with E-state index in [0.717, 1.165) is 18.2 Å². The van der Waals surface area contributed by atoms with Crippen LogP contribution in [-0.4, -0.2) is 16.9 Å². The number of benzene rings is 1. The van der Waals surface area contributed by atoms with Crippen molar-refractivity contribution in [3.8, 4) is 6.07 Å². The minimum atomic E-state index is -0.838. The lowest BCUT2D eigenvalue weighted by Gasteiger charge is -2.13. The lowest BCUT2D eigenvalue weighted by molar-refractivity contribution is -0.384. The number of nitrogens with zero attached hydrogens (tertiary/aromatic N) is 2. The van der Waals surface area contributed by atoms with Crippen molar-refractivity contribution in [3.05, 3.63) is 39.7 Å². The van der Waals surface area contributed by atoms with Crippen molar-refractivity contribution < 1.29 is 14.1 Å². The monoisotopic (exact) mass is 265 g/mol. The standard InChI is InChI=1S/C12H12FN3O3/c1-2-8(5-6-14)15-12(17)10-7-9(16(18)19)3-4-11(10)13/h3-4,7-8H,2,5H2,1H3,(H,15,17). The molecule has 7 heteroatoms. The van der Waals surface area contributed by atoms with Crippen LogP contribution in [0.2, 0.25) is 0 Å². The molecule has 0 saturated heterocycles. The van der Waals surface area contributed by atoms with Crippen molar-refractivity contribution in [1.82, 2.24) is 5.32 Å². The van der Waals surface area contributed by atoms with Crippen LogP contribution in [0.25, 0.3) is 0 Å². The zero-order chi connectivity index (χ0) is 14.4. The Kier molecular flexibility index (Phi) is 4.94. The maximum absolute atomic E-state index is 13.5. The van der Waals surface area contributed by atoms with Crippen molar-refractivity contribution in [2.24, 2.45) is 0 Å². The highest BCUT2D eigenvalue weighted by atomic mass is 19.1. The third kappa shape index (κ3) is 3.74. The molecule has 0 spiro atoms. The number of nitro groups is 1. The van der Waals surface area contributed by atoms with Gasteiger partial charge in [0.1, 0.15) is 5.82 Å². The minimum Gasteiger partial charge on any atom is -0.348 e. The fourth-order valence-corrected chi connectivity index (χ4v) is 1.47. The number of hydrogen-bond donors (Lipinski definition) is 1. The van der Waals surface area contributed by atoms with Gasteiger partial charge in [0, 0.05) is 18.2 Å². The summed E-state index contributed by atoms with van der Waals surface area (Å²) in [6.07, 6.45) is 0.606. The van der Waals surface area contributed by atoms with Crippen LogP contribution in [0.4, 0.5) is 10.1 Å². The van der Waals surface area contributed by atoms with Gasteiger partial charge in [-0.1, -0.05) is 6.92 Å². The SMILES string of the molecule is CCC(CC#N)NC(=O)c1cc([N+](=O)[O-])ccc1F. The van der Waals surface area contributed by atoms with Gasteiger partial charge in [-0.3, -0.25) is 14.9 Å². The van der Waals surface area contributed by atoms with Crippen LogP contribution in [0.15, 0.2) is 18.2 Å². The van der Waals surface area contributed by atoms with Gasteiger partial charge in [0.05, 0.1) is 23.0 Å². The maximum Gasteiger partial charge on any atom is 0.270 e. The molecule has 1 atom stereocenters. The van der Waals surface area contributed by atoms with E-state index in [1.165, 1.54) is 0 Å². The molecular formula is C12H12FN3O3. The third-order valence-electron chi connectivity index (χ3n) is 2.57. The number of rotatable bonds is 5. The Morgan fingerprint density at radius 3 is 2.84 bits per heavy atom. The predicted molar refractivity (Wildman–Crippen MR) is 64.8 cm³/mol. The Morgan fingerprint density at radius 1 is 1.63 bits per heavy atom. The van der Waals surface area contributed by atoms with E-state index in [1.807, 2.05) is 6.07 Å².